The lowest BCUT2D eigenvalue weighted by atomic mass is 9.96. The molecule has 178 valence electrons. The summed E-state index contributed by atoms with van der Waals surface area (Å²) in [5.74, 6) is 0.789. The van der Waals surface area contributed by atoms with Gasteiger partial charge in [-0.3, -0.25) is 14.6 Å². The minimum atomic E-state index is -0.0604. The minimum absolute atomic E-state index is 0.00627. The number of nitrogens with one attached hydrogen (secondary N) is 1. The van der Waals surface area contributed by atoms with Gasteiger partial charge in [-0.15, -0.1) is 11.3 Å². The van der Waals surface area contributed by atoms with Gasteiger partial charge in [0.15, 0.2) is 0 Å². The summed E-state index contributed by atoms with van der Waals surface area (Å²) >= 11 is 1.53. The summed E-state index contributed by atoms with van der Waals surface area (Å²) in [4.78, 5) is 32.9. The standard InChI is InChI=1S/C26H30N4O3S/c1-17(19-8-3-4-9-22(19)33-2)13-24(31)29-26-21(15-27)20-10-12-30(16-23(20)34-26)25(32)14-18-7-5-6-11-28-18/h3-9,11,17H,10,12-16,27H2,1-2H3,(H,29,31). The molecule has 0 bridgehead atoms. The number of thiophene rings is 1. The van der Waals surface area contributed by atoms with Crippen molar-refractivity contribution in [2.45, 2.75) is 45.2 Å². The monoisotopic (exact) mass is 478 g/mol. The second-order valence-corrected chi connectivity index (χ2v) is 9.58. The molecule has 0 aliphatic carbocycles. The van der Waals surface area contributed by atoms with Crippen LogP contribution in [0.3, 0.4) is 0 Å². The van der Waals surface area contributed by atoms with Crippen LogP contribution >= 0.6 is 11.3 Å². The molecule has 34 heavy (non-hydrogen) atoms. The number of amides is 2. The summed E-state index contributed by atoms with van der Waals surface area (Å²) in [5.41, 5.74) is 10.00. The van der Waals surface area contributed by atoms with Crippen LogP contribution in [-0.2, 0) is 35.5 Å². The normalized spacial score (nSPS) is 13.8. The number of rotatable bonds is 8. The van der Waals surface area contributed by atoms with Crippen molar-refractivity contribution < 1.29 is 14.3 Å². The van der Waals surface area contributed by atoms with E-state index in [-0.39, 0.29) is 24.2 Å². The molecule has 0 saturated heterocycles. The van der Waals surface area contributed by atoms with E-state index in [0.29, 0.717) is 26.1 Å². The summed E-state index contributed by atoms with van der Waals surface area (Å²) in [6.07, 6.45) is 3.06. The van der Waals surface area contributed by atoms with Gasteiger partial charge in [-0.05, 0) is 41.7 Å². The maximum atomic E-state index is 12.9. The van der Waals surface area contributed by atoms with E-state index in [0.717, 1.165) is 38.9 Å². The molecule has 1 atom stereocenters. The van der Waals surface area contributed by atoms with E-state index in [9.17, 15) is 9.59 Å². The van der Waals surface area contributed by atoms with Crippen molar-refractivity contribution in [3.8, 4) is 5.75 Å². The van der Waals surface area contributed by atoms with Crippen LogP contribution in [0.4, 0.5) is 5.00 Å². The number of benzene rings is 1. The maximum absolute atomic E-state index is 12.9. The average Bonchev–Trinajstić information content (AvgIpc) is 3.20. The lowest BCUT2D eigenvalue weighted by molar-refractivity contribution is -0.131. The van der Waals surface area contributed by atoms with Crippen LogP contribution in [0.1, 0.15) is 46.5 Å². The molecule has 0 radical (unpaired) electrons. The van der Waals surface area contributed by atoms with Gasteiger partial charge in [0.25, 0.3) is 0 Å². The highest BCUT2D eigenvalue weighted by atomic mass is 32.1. The van der Waals surface area contributed by atoms with Gasteiger partial charge in [-0.1, -0.05) is 31.2 Å². The van der Waals surface area contributed by atoms with Gasteiger partial charge in [0.05, 0.1) is 25.1 Å². The molecular formula is C26H30N4O3S. The third-order valence-electron chi connectivity index (χ3n) is 6.20. The Morgan fingerprint density at radius 2 is 2.03 bits per heavy atom. The molecule has 0 fully saturated rings. The Labute approximate surface area is 204 Å². The first-order valence-corrected chi connectivity index (χ1v) is 12.3. The van der Waals surface area contributed by atoms with Crippen LogP contribution in [0, 0.1) is 0 Å². The molecule has 7 nitrogen and oxygen atoms in total. The highest BCUT2D eigenvalue weighted by Gasteiger charge is 2.27. The summed E-state index contributed by atoms with van der Waals surface area (Å²) in [7, 11) is 1.64. The van der Waals surface area contributed by atoms with E-state index in [1.54, 1.807) is 13.3 Å². The number of aromatic nitrogens is 1. The topological polar surface area (TPSA) is 97.5 Å². The Hall–Kier alpha value is -3.23. The largest absolute Gasteiger partial charge is 0.496 e. The number of hydrogen-bond donors (Lipinski definition) is 2. The van der Waals surface area contributed by atoms with Gasteiger partial charge >= 0.3 is 0 Å². The quantitative estimate of drug-likeness (QED) is 0.512. The van der Waals surface area contributed by atoms with E-state index in [2.05, 4.69) is 10.3 Å². The maximum Gasteiger partial charge on any atom is 0.228 e. The van der Waals surface area contributed by atoms with Gasteiger partial charge in [-0.2, -0.15) is 0 Å². The summed E-state index contributed by atoms with van der Waals surface area (Å²) < 4.78 is 5.44. The zero-order chi connectivity index (χ0) is 24.1. The van der Waals surface area contributed by atoms with Crippen molar-refractivity contribution in [3.63, 3.8) is 0 Å². The number of ether oxygens (including phenoxy) is 1. The number of carbonyl (C=O) groups excluding carboxylic acids is 2. The van der Waals surface area contributed by atoms with Crippen LogP contribution in [0.5, 0.6) is 5.75 Å². The van der Waals surface area contributed by atoms with E-state index in [4.69, 9.17) is 10.5 Å². The molecular weight excluding hydrogens is 448 g/mol. The van der Waals surface area contributed by atoms with E-state index >= 15 is 0 Å². The van der Waals surface area contributed by atoms with Gasteiger partial charge in [0.2, 0.25) is 11.8 Å². The lowest BCUT2D eigenvalue weighted by Gasteiger charge is -2.27. The van der Waals surface area contributed by atoms with Gasteiger partial charge in [0, 0.05) is 41.8 Å². The zero-order valence-corrected chi connectivity index (χ0v) is 20.4. The molecule has 1 unspecified atom stereocenters. The minimum Gasteiger partial charge on any atom is -0.496 e. The number of carbonyl (C=O) groups is 2. The Balaban J connectivity index is 1.43. The number of methoxy groups -OCH3 is 1. The Morgan fingerprint density at radius 3 is 2.76 bits per heavy atom. The SMILES string of the molecule is COc1ccccc1C(C)CC(=O)Nc1sc2c(c1CN)CCN(C(=O)Cc1ccccn1)C2. The molecule has 0 spiro atoms. The third-order valence-corrected chi connectivity index (χ3v) is 7.37. The molecule has 0 saturated carbocycles. The Bertz CT molecular complexity index is 1160. The van der Waals surface area contributed by atoms with E-state index in [1.807, 2.05) is 54.3 Å². The molecule has 2 aromatic heterocycles. The van der Waals surface area contributed by atoms with Gasteiger partial charge in [-0.25, -0.2) is 0 Å². The van der Waals surface area contributed by atoms with Gasteiger partial charge in [0.1, 0.15) is 5.75 Å². The molecule has 8 heteroatoms. The molecule has 1 aliphatic heterocycles. The number of anilines is 1. The second-order valence-electron chi connectivity index (χ2n) is 8.47. The smallest absolute Gasteiger partial charge is 0.228 e. The van der Waals surface area contributed by atoms with Gasteiger partial charge < -0.3 is 20.7 Å². The first-order chi connectivity index (χ1) is 16.5. The average molecular weight is 479 g/mol. The first kappa shape index (κ1) is 23.9. The molecule has 3 heterocycles. The van der Waals surface area contributed by atoms with Crippen molar-refractivity contribution in [2.24, 2.45) is 5.73 Å². The predicted octanol–water partition coefficient (Wildman–Crippen LogP) is 3.87. The first-order valence-electron chi connectivity index (χ1n) is 11.4. The van der Waals surface area contributed by atoms with Crippen molar-refractivity contribution >= 4 is 28.2 Å². The molecule has 1 aliphatic rings. The summed E-state index contributed by atoms with van der Waals surface area (Å²) in [5, 5.41) is 3.88. The van der Waals surface area contributed by atoms with Crippen molar-refractivity contribution in [3.05, 3.63) is 75.9 Å². The third kappa shape index (κ3) is 5.29. The molecule has 3 N–H and O–H groups in total. The number of nitrogens with zero attached hydrogens (tertiary/aromatic N) is 2. The number of pyridine rings is 1. The fraction of sp³-hybridized carbons (Fsp3) is 0.346. The predicted molar refractivity (Wildman–Crippen MR) is 134 cm³/mol. The highest BCUT2D eigenvalue weighted by Crippen LogP contribution is 2.37. The number of fused-ring (bicyclic) bond motifs is 1. The number of nitrogens with two attached hydrogens (primary N) is 1. The van der Waals surface area contributed by atoms with Crippen LogP contribution < -0.4 is 15.8 Å². The second kappa shape index (κ2) is 10.8. The Kier molecular flexibility index (Phi) is 7.59. The molecule has 3 aromatic rings. The zero-order valence-electron chi connectivity index (χ0n) is 19.5. The number of hydrogen-bond acceptors (Lipinski definition) is 6. The lowest BCUT2D eigenvalue weighted by Crippen LogP contribution is -2.36. The van der Waals surface area contributed by atoms with Crippen LogP contribution in [0.25, 0.3) is 0 Å². The summed E-state index contributed by atoms with van der Waals surface area (Å²) in [6, 6.07) is 13.4. The number of para-hydroxylation sites is 1. The van der Waals surface area contributed by atoms with Crippen LogP contribution in [-0.4, -0.2) is 35.4 Å². The Morgan fingerprint density at radius 1 is 1.24 bits per heavy atom. The van der Waals surface area contributed by atoms with Crippen molar-refractivity contribution in [2.75, 3.05) is 19.0 Å². The molecule has 2 amide bonds. The highest BCUT2D eigenvalue weighted by molar-refractivity contribution is 7.16. The fourth-order valence-corrected chi connectivity index (χ4v) is 5.72. The van der Waals surface area contributed by atoms with Crippen LogP contribution in [0.2, 0.25) is 0 Å². The van der Waals surface area contributed by atoms with E-state index in [1.165, 1.54) is 16.9 Å². The molecule has 1 aromatic carbocycles. The summed E-state index contributed by atoms with van der Waals surface area (Å²) in [6.45, 7) is 3.55. The van der Waals surface area contributed by atoms with Crippen LogP contribution in [0.15, 0.2) is 48.7 Å². The van der Waals surface area contributed by atoms with Crippen molar-refractivity contribution in [1.29, 1.82) is 0 Å². The van der Waals surface area contributed by atoms with E-state index < -0.39 is 0 Å². The fourth-order valence-electron chi connectivity index (χ4n) is 4.41. The molecule has 4 rings (SSSR count). The van der Waals surface area contributed by atoms with Crippen molar-refractivity contribution in [1.82, 2.24) is 9.88 Å².